The molecule has 22 heavy (non-hydrogen) atoms. The summed E-state index contributed by atoms with van der Waals surface area (Å²) in [5.74, 6) is 3.83. The number of rotatable bonds is 5. The first kappa shape index (κ1) is 14.8. The van der Waals surface area contributed by atoms with E-state index >= 15 is 0 Å². The van der Waals surface area contributed by atoms with E-state index in [4.69, 9.17) is 5.73 Å². The molecule has 4 bridgehead atoms. The van der Waals surface area contributed by atoms with E-state index < -0.39 is 0 Å². The lowest BCUT2D eigenvalue weighted by Crippen LogP contribution is -2.51. The summed E-state index contributed by atoms with van der Waals surface area (Å²) in [5.41, 5.74) is 9.78. The van der Waals surface area contributed by atoms with E-state index in [0.717, 1.165) is 30.2 Å². The summed E-state index contributed by atoms with van der Waals surface area (Å²) >= 11 is 0. The largest absolute Gasteiger partial charge is 0.330 e. The van der Waals surface area contributed by atoms with Crippen LogP contribution in [-0.2, 0) is 6.42 Å². The number of benzene rings is 1. The standard InChI is InChI=1S/C21H31N/c1-2-17-6-3-4-7-19(17)20-18-11-15-10-16(12-18)14-21(20,13-15)8-5-9-22/h3-4,6-7,15-16,18,20H,2,5,8-14,22H2,1H3. The van der Waals surface area contributed by atoms with Crippen molar-refractivity contribution < 1.29 is 0 Å². The third-order valence-corrected chi connectivity index (χ3v) is 7.11. The van der Waals surface area contributed by atoms with Gasteiger partial charge in [-0.15, -0.1) is 0 Å². The first-order chi connectivity index (χ1) is 10.8. The Morgan fingerprint density at radius 2 is 1.82 bits per heavy atom. The van der Waals surface area contributed by atoms with E-state index in [1.807, 2.05) is 0 Å². The average Bonchev–Trinajstić information content (AvgIpc) is 2.52. The highest BCUT2D eigenvalue weighted by Gasteiger charge is 2.56. The normalized spacial score (nSPS) is 39.4. The first-order valence-corrected chi connectivity index (χ1v) is 9.53. The molecule has 0 aromatic heterocycles. The van der Waals surface area contributed by atoms with Gasteiger partial charge < -0.3 is 5.73 Å². The topological polar surface area (TPSA) is 26.0 Å². The molecule has 4 aliphatic rings. The Labute approximate surface area is 135 Å². The van der Waals surface area contributed by atoms with E-state index in [1.54, 1.807) is 11.1 Å². The summed E-state index contributed by atoms with van der Waals surface area (Å²) in [4.78, 5) is 0. The molecule has 1 aromatic rings. The zero-order chi connectivity index (χ0) is 15.2. The summed E-state index contributed by atoms with van der Waals surface area (Å²) in [5, 5.41) is 0. The Bertz CT molecular complexity index is 520. The molecule has 2 N–H and O–H groups in total. The molecule has 4 fully saturated rings. The molecule has 1 nitrogen and oxygen atoms in total. The minimum atomic E-state index is 0.583. The van der Waals surface area contributed by atoms with Gasteiger partial charge in [0.15, 0.2) is 0 Å². The van der Waals surface area contributed by atoms with E-state index in [0.29, 0.717) is 5.41 Å². The van der Waals surface area contributed by atoms with Crippen LogP contribution in [0.5, 0.6) is 0 Å². The van der Waals surface area contributed by atoms with Crippen molar-refractivity contribution in [3.05, 3.63) is 35.4 Å². The van der Waals surface area contributed by atoms with Gasteiger partial charge in [0, 0.05) is 0 Å². The van der Waals surface area contributed by atoms with Crippen molar-refractivity contribution in [2.24, 2.45) is 28.9 Å². The molecule has 0 amide bonds. The smallest absolute Gasteiger partial charge is 0.00739 e. The fourth-order valence-corrected chi connectivity index (χ4v) is 6.77. The second-order valence-corrected chi connectivity index (χ2v) is 8.39. The molecule has 1 heteroatoms. The zero-order valence-corrected chi connectivity index (χ0v) is 14.1. The molecule has 0 aliphatic heterocycles. The summed E-state index contributed by atoms with van der Waals surface area (Å²) in [7, 11) is 0. The zero-order valence-electron chi connectivity index (χ0n) is 14.1. The average molecular weight is 297 g/mol. The van der Waals surface area contributed by atoms with Crippen LogP contribution in [0.3, 0.4) is 0 Å². The predicted octanol–water partition coefficient (Wildman–Crippen LogP) is 4.90. The van der Waals surface area contributed by atoms with Gasteiger partial charge in [-0.2, -0.15) is 0 Å². The van der Waals surface area contributed by atoms with Crippen LogP contribution in [0.1, 0.15) is 68.9 Å². The van der Waals surface area contributed by atoms with Crippen molar-refractivity contribution >= 4 is 0 Å². The van der Waals surface area contributed by atoms with E-state index in [2.05, 4.69) is 31.2 Å². The van der Waals surface area contributed by atoms with Crippen molar-refractivity contribution in [3.8, 4) is 0 Å². The van der Waals surface area contributed by atoms with E-state index in [1.165, 1.54) is 51.4 Å². The number of hydrogen-bond acceptors (Lipinski definition) is 1. The Balaban J connectivity index is 1.75. The molecule has 1 aromatic carbocycles. The lowest BCUT2D eigenvalue weighted by atomic mass is 9.43. The minimum Gasteiger partial charge on any atom is -0.330 e. The van der Waals surface area contributed by atoms with Crippen molar-refractivity contribution in [1.29, 1.82) is 0 Å². The summed E-state index contributed by atoms with van der Waals surface area (Å²) in [6, 6.07) is 9.33. The maximum absolute atomic E-state index is 5.90. The van der Waals surface area contributed by atoms with Crippen LogP contribution in [0.25, 0.3) is 0 Å². The Kier molecular flexibility index (Phi) is 3.80. The Morgan fingerprint density at radius 1 is 1.09 bits per heavy atom. The van der Waals surface area contributed by atoms with Gasteiger partial charge in [-0.3, -0.25) is 0 Å². The molecule has 0 saturated heterocycles. The van der Waals surface area contributed by atoms with Crippen LogP contribution >= 0.6 is 0 Å². The Morgan fingerprint density at radius 3 is 2.50 bits per heavy atom. The predicted molar refractivity (Wildman–Crippen MR) is 92.8 cm³/mol. The van der Waals surface area contributed by atoms with Crippen LogP contribution < -0.4 is 5.73 Å². The molecule has 0 heterocycles. The second-order valence-electron chi connectivity index (χ2n) is 8.39. The maximum Gasteiger partial charge on any atom is -0.00739 e. The van der Waals surface area contributed by atoms with Crippen molar-refractivity contribution in [2.75, 3.05) is 6.54 Å². The summed E-state index contributed by atoms with van der Waals surface area (Å²) in [6.07, 6.45) is 11.3. The van der Waals surface area contributed by atoms with Crippen LogP contribution in [0, 0.1) is 23.2 Å². The van der Waals surface area contributed by atoms with Crippen LogP contribution in [0.4, 0.5) is 0 Å². The maximum atomic E-state index is 5.90. The van der Waals surface area contributed by atoms with Gasteiger partial charge in [0.05, 0.1) is 0 Å². The van der Waals surface area contributed by atoms with Gasteiger partial charge in [-0.25, -0.2) is 0 Å². The van der Waals surface area contributed by atoms with Gasteiger partial charge in [0.2, 0.25) is 0 Å². The number of aryl methyl sites for hydroxylation is 1. The van der Waals surface area contributed by atoms with Crippen LogP contribution in [-0.4, -0.2) is 6.54 Å². The van der Waals surface area contributed by atoms with Crippen LogP contribution in [0.15, 0.2) is 24.3 Å². The van der Waals surface area contributed by atoms with E-state index in [-0.39, 0.29) is 0 Å². The van der Waals surface area contributed by atoms with Crippen molar-refractivity contribution in [1.82, 2.24) is 0 Å². The Hall–Kier alpha value is -0.820. The monoisotopic (exact) mass is 297 g/mol. The summed E-state index contributed by atoms with van der Waals surface area (Å²) < 4.78 is 0. The van der Waals surface area contributed by atoms with Gasteiger partial charge in [0.25, 0.3) is 0 Å². The lowest BCUT2D eigenvalue weighted by molar-refractivity contribution is -0.0808. The molecule has 3 unspecified atom stereocenters. The second kappa shape index (κ2) is 5.67. The van der Waals surface area contributed by atoms with Crippen molar-refractivity contribution in [3.63, 3.8) is 0 Å². The highest BCUT2D eigenvalue weighted by Crippen LogP contribution is 2.67. The minimum absolute atomic E-state index is 0.583. The van der Waals surface area contributed by atoms with Crippen molar-refractivity contribution in [2.45, 2.75) is 64.2 Å². The molecule has 0 spiro atoms. The van der Waals surface area contributed by atoms with E-state index in [9.17, 15) is 0 Å². The molecule has 4 aliphatic carbocycles. The van der Waals surface area contributed by atoms with Crippen LogP contribution in [0.2, 0.25) is 0 Å². The van der Waals surface area contributed by atoms with Gasteiger partial charge in [-0.05, 0) is 98.1 Å². The molecular formula is C21H31N. The van der Waals surface area contributed by atoms with Gasteiger partial charge >= 0.3 is 0 Å². The fourth-order valence-electron chi connectivity index (χ4n) is 6.77. The quantitative estimate of drug-likeness (QED) is 0.822. The molecule has 0 radical (unpaired) electrons. The third-order valence-electron chi connectivity index (χ3n) is 7.11. The number of nitrogens with two attached hydrogens (primary N) is 1. The molecule has 4 saturated carbocycles. The third kappa shape index (κ3) is 2.24. The molecule has 3 atom stereocenters. The highest BCUT2D eigenvalue weighted by molar-refractivity contribution is 5.35. The lowest BCUT2D eigenvalue weighted by Gasteiger charge is -2.62. The number of hydrogen-bond donors (Lipinski definition) is 1. The molecule has 120 valence electrons. The fraction of sp³-hybridized carbons (Fsp3) is 0.714. The van der Waals surface area contributed by atoms with Gasteiger partial charge in [-0.1, -0.05) is 31.2 Å². The molecular weight excluding hydrogens is 266 g/mol. The van der Waals surface area contributed by atoms with Gasteiger partial charge in [0.1, 0.15) is 0 Å². The molecule has 5 rings (SSSR count). The highest BCUT2D eigenvalue weighted by atomic mass is 14.6. The SMILES string of the molecule is CCc1ccccc1C1C2CC3CC(C2)CC1(CCCN)C3. The summed E-state index contributed by atoms with van der Waals surface area (Å²) in [6.45, 7) is 3.19. The first-order valence-electron chi connectivity index (χ1n) is 9.53.